The molecule has 0 atom stereocenters. The molecule has 0 saturated carbocycles. The second-order valence-electron chi connectivity index (χ2n) is 5.80. The zero-order valence-corrected chi connectivity index (χ0v) is 16.1. The Bertz CT molecular complexity index is 703. The third-order valence-corrected chi connectivity index (χ3v) is 4.43. The van der Waals surface area contributed by atoms with Crippen LogP contribution in [0.4, 0.5) is 0 Å². The molecule has 2 amide bonds. The van der Waals surface area contributed by atoms with Gasteiger partial charge in [0.25, 0.3) is 11.8 Å². The first-order chi connectivity index (χ1) is 12.6. The maximum atomic E-state index is 12.5. The fourth-order valence-electron chi connectivity index (χ4n) is 2.30. The van der Waals surface area contributed by atoms with Crippen molar-refractivity contribution in [2.24, 2.45) is 0 Å². The Labute approximate surface area is 158 Å². The molecule has 26 heavy (non-hydrogen) atoms. The van der Waals surface area contributed by atoms with Crippen LogP contribution in [0.3, 0.4) is 0 Å². The summed E-state index contributed by atoms with van der Waals surface area (Å²) in [4.78, 5) is 30.5. The molecule has 0 spiro atoms. The monoisotopic (exact) mass is 375 g/mol. The number of ether oxygens (including phenoxy) is 1. The predicted octanol–water partition coefficient (Wildman–Crippen LogP) is 3.10. The van der Waals surface area contributed by atoms with Gasteiger partial charge in [0.2, 0.25) is 0 Å². The lowest BCUT2D eigenvalue weighted by atomic mass is 10.3. The average Bonchev–Trinajstić information content (AvgIpc) is 3.13. The van der Waals surface area contributed by atoms with Gasteiger partial charge >= 0.3 is 0 Å². The molecule has 1 heterocycles. The third kappa shape index (κ3) is 6.15. The van der Waals surface area contributed by atoms with E-state index >= 15 is 0 Å². The zero-order chi connectivity index (χ0) is 18.8. The third-order valence-electron chi connectivity index (χ3n) is 3.60. The van der Waals surface area contributed by atoms with E-state index in [2.05, 4.69) is 10.3 Å². The molecule has 140 valence electrons. The quantitative estimate of drug-likeness (QED) is 0.693. The molecule has 0 bridgehead atoms. The Morgan fingerprint density at radius 1 is 1.19 bits per heavy atom. The summed E-state index contributed by atoms with van der Waals surface area (Å²) >= 11 is 1.39. The molecule has 0 radical (unpaired) electrons. The molecule has 0 saturated heterocycles. The van der Waals surface area contributed by atoms with E-state index < -0.39 is 0 Å². The Kier molecular flexibility index (Phi) is 8.08. The number of rotatable bonds is 10. The molecular formula is C19H25N3O3S. The average molecular weight is 375 g/mol. The van der Waals surface area contributed by atoms with Crippen LogP contribution in [0.5, 0.6) is 5.75 Å². The smallest absolute Gasteiger partial charge is 0.270 e. The van der Waals surface area contributed by atoms with Gasteiger partial charge in [-0.1, -0.05) is 32.0 Å². The zero-order valence-electron chi connectivity index (χ0n) is 15.2. The highest BCUT2D eigenvalue weighted by Gasteiger charge is 2.17. The van der Waals surface area contributed by atoms with Crippen LogP contribution in [0.1, 0.15) is 42.2 Å². The summed E-state index contributed by atoms with van der Waals surface area (Å²) in [6.07, 6.45) is 1.72. The van der Waals surface area contributed by atoms with Gasteiger partial charge in [-0.15, -0.1) is 11.3 Å². The fourth-order valence-corrected chi connectivity index (χ4v) is 3.08. The lowest BCUT2D eigenvalue weighted by Crippen LogP contribution is -2.35. The molecule has 0 unspecified atom stereocenters. The molecule has 6 nitrogen and oxygen atoms in total. The van der Waals surface area contributed by atoms with Crippen LogP contribution in [-0.2, 0) is 11.3 Å². The van der Waals surface area contributed by atoms with E-state index in [1.54, 1.807) is 10.3 Å². The van der Waals surface area contributed by atoms with E-state index in [0.717, 1.165) is 17.8 Å². The summed E-state index contributed by atoms with van der Waals surface area (Å²) in [6, 6.07) is 9.27. The van der Waals surface area contributed by atoms with E-state index in [9.17, 15) is 9.59 Å². The van der Waals surface area contributed by atoms with Crippen LogP contribution >= 0.6 is 11.3 Å². The lowest BCUT2D eigenvalue weighted by Gasteiger charge is -2.21. The number of carbonyl (C=O) groups is 2. The van der Waals surface area contributed by atoms with E-state index in [4.69, 9.17) is 4.74 Å². The summed E-state index contributed by atoms with van der Waals surface area (Å²) in [5.74, 6) is 0.402. The van der Waals surface area contributed by atoms with Gasteiger partial charge < -0.3 is 15.0 Å². The van der Waals surface area contributed by atoms with Gasteiger partial charge in [0.05, 0.1) is 6.54 Å². The van der Waals surface area contributed by atoms with Gasteiger partial charge in [-0.3, -0.25) is 9.59 Å². The van der Waals surface area contributed by atoms with Crippen LogP contribution in [0.25, 0.3) is 0 Å². The lowest BCUT2D eigenvalue weighted by molar-refractivity contribution is -0.134. The Morgan fingerprint density at radius 3 is 2.65 bits per heavy atom. The van der Waals surface area contributed by atoms with Crippen LogP contribution in [0.2, 0.25) is 0 Å². The summed E-state index contributed by atoms with van der Waals surface area (Å²) in [5, 5.41) is 5.28. The van der Waals surface area contributed by atoms with Crippen molar-refractivity contribution in [3.8, 4) is 5.75 Å². The van der Waals surface area contributed by atoms with Crippen LogP contribution in [0, 0.1) is 0 Å². The first-order valence-electron chi connectivity index (χ1n) is 8.82. The van der Waals surface area contributed by atoms with Gasteiger partial charge in [0.15, 0.2) is 6.61 Å². The molecule has 1 aromatic carbocycles. The summed E-state index contributed by atoms with van der Waals surface area (Å²) in [6.45, 7) is 5.63. The number of hydrogen-bond donors (Lipinski definition) is 1. The number of para-hydroxylation sites is 1. The van der Waals surface area contributed by atoms with Gasteiger partial charge in [0.1, 0.15) is 16.5 Å². The minimum atomic E-state index is -0.171. The molecule has 0 fully saturated rings. The first-order valence-corrected chi connectivity index (χ1v) is 9.70. The van der Waals surface area contributed by atoms with Crippen LogP contribution in [-0.4, -0.2) is 41.4 Å². The van der Waals surface area contributed by atoms with Gasteiger partial charge in [-0.2, -0.15) is 0 Å². The highest BCUT2D eigenvalue weighted by molar-refractivity contribution is 7.09. The Morgan fingerprint density at radius 2 is 1.96 bits per heavy atom. The minimum absolute atomic E-state index is 0.0147. The van der Waals surface area contributed by atoms with Crippen molar-refractivity contribution in [2.75, 3.05) is 19.7 Å². The fraction of sp³-hybridized carbons (Fsp3) is 0.421. The molecule has 2 aromatic rings. The standard InChI is InChI=1S/C19H25N3O3S/c1-3-10-20-19(24)16-14-26-17(21-16)12-22(11-4-2)18(23)13-25-15-8-6-5-7-9-15/h5-9,14H,3-4,10-13H2,1-2H3,(H,20,24). The van der Waals surface area contributed by atoms with Crippen molar-refractivity contribution in [3.05, 3.63) is 46.4 Å². The molecule has 2 rings (SSSR count). The number of nitrogens with zero attached hydrogens (tertiary/aromatic N) is 2. The number of hydrogen-bond acceptors (Lipinski definition) is 5. The number of nitrogens with one attached hydrogen (secondary N) is 1. The molecule has 1 N–H and O–H groups in total. The second kappa shape index (κ2) is 10.6. The molecule has 1 aromatic heterocycles. The number of thiazole rings is 1. The van der Waals surface area contributed by atoms with Crippen molar-refractivity contribution >= 4 is 23.2 Å². The van der Waals surface area contributed by atoms with E-state index in [0.29, 0.717) is 31.1 Å². The van der Waals surface area contributed by atoms with E-state index in [1.807, 2.05) is 44.2 Å². The minimum Gasteiger partial charge on any atom is -0.484 e. The van der Waals surface area contributed by atoms with Crippen molar-refractivity contribution in [1.29, 1.82) is 0 Å². The normalized spacial score (nSPS) is 10.4. The predicted molar refractivity (Wildman–Crippen MR) is 102 cm³/mol. The van der Waals surface area contributed by atoms with Crippen molar-refractivity contribution in [3.63, 3.8) is 0 Å². The van der Waals surface area contributed by atoms with Crippen molar-refractivity contribution in [2.45, 2.75) is 33.2 Å². The van der Waals surface area contributed by atoms with Crippen molar-refractivity contribution < 1.29 is 14.3 Å². The van der Waals surface area contributed by atoms with Crippen LogP contribution in [0.15, 0.2) is 35.7 Å². The van der Waals surface area contributed by atoms with Gasteiger partial charge in [-0.25, -0.2) is 4.98 Å². The highest BCUT2D eigenvalue weighted by atomic mass is 32.1. The molecular weight excluding hydrogens is 350 g/mol. The van der Waals surface area contributed by atoms with E-state index in [-0.39, 0.29) is 18.4 Å². The summed E-state index contributed by atoms with van der Waals surface area (Å²) < 4.78 is 5.55. The molecule has 0 aliphatic rings. The molecule has 0 aliphatic carbocycles. The first kappa shape index (κ1) is 19.9. The Balaban J connectivity index is 1.93. The largest absolute Gasteiger partial charge is 0.484 e. The van der Waals surface area contributed by atoms with E-state index in [1.165, 1.54) is 11.3 Å². The SMILES string of the molecule is CCCNC(=O)c1csc(CN(CCC)C(=O)COc2ccccc2)n1. The van der Waals surface area contributed by atoms with Crippen molar-refractivity contribution in [1.82, 2.24) is 15.2 Å². The van der Waals surface area contributed by atoms with Gasteiger partial charge in [-0.05, 0) is 25.0 Å². The Hall–Kier alpha value is -2.41. The number of amides is 2. The number of carbonyl (C=O) groups excluding carboxylic acids is 2. The van der Waals surface area contributed by atoms with Crippen LogP contribution < -0.4 is 10.1 Å². The summed E-state index contributed by atoms with van der Waals surface area (Å²) in [7, 11) is 0. The number of aromatic nitrogens is 1. The highest BCUT2D eigenvalue weighted by Crippen LogP contribution is 2.14. The second-order valence-corrected chi connectivity index (χ2v) is 6.74. The maximum Gasteiger partial charge on any atom is 0.270 e. The number of benzene rings is 1. The molecule has 0 aliphatic heterocycles. The van der Waals surface area contributed by atoms with Gasteiger partial charge in [0, 0.05) is 18.5 Å². The topological polar surface area (TPSA) is 71.5 Å². The summed E-state index contributed by atoms with van der Waals surface area (Å²) in [5.41, 5.74) is 0.405. The maximum absolute atomic E-state index is 12.5. The molecule has 7 heteroatoms.